The maximum absolute atomic E-state index is 11.8. The van der Waals surface area contributed by atoms with E-state index in [0.717, 1.165) is 0 Å². The monoisotopic (exact) mass is 181 g/mol. The number of hydrogen-bond acceptors (Lipinski definition) is 1. The molecule has 0 aliphatic rings. The van der Waals surface area contributed by atoms with Gasteiger partial charge in [-0.2, -0.15) is 17.6 Å². The average Bonchev–Trinajstić information content (AvgIpc) is 1.87. The maximum atomic E-state index is 11.8. The molecule has 68 valence electrons. The van der Waals surface area contributed by atoms with Gasteiger partial charge >= 0.3 is 18.3 Å². The molecule has 0 aromatic heterocycles. The first-order valence-electron chi connectivity index (χ1n) is 2.49. The Hall–Kier alpha value is -0.460. The van der Waals surface area contributed by atoms with E-state index in [1.807, 2.05) is 0 Å². The number of hydrogen-bond donors (Lipinski definition) is 1. The van der Waals surface area contributed by atoms with Crippen LogP contribution >= 0.6 is 0 Å². The molecule has 0 aromatic carbocycles. The van der Waals surface area contributed by atoms with Crippen LogP contribution in [-0.4, -0.2) is 24.8 Å². The third kappa shape index (κ3) is 1.76. The first-order valence-corrected chi connectivity index (χ1v) is 2.49. The molecule has 1 nitrogen and oxygen atoms in total. The van der Waals surface area contributed by atoms with Crippen molar-refractivity contribution in [1.82, 2.24) is 0 Å². The van der Waals surface area contributed by atoms with Gasteiger partial charge in [-0.05, 0) is 0 Å². The van der Waals surface area contributed by atoms with Crippen molar-refractivity contribution >= 4 is 0 Å². The zero-order chi connectivity index (χ0) is 9.28. The maximum Gasteiger partial charge on any atom is 0.370 e. The van der Waals surface area contributed by atoms with Gasteiger partial charge in [0.05, 0.1) is 6.54 Å². The van der Waals surface area contributed by atoms with Crippen molar-refractivity contribution in [2.45, 2.75) is 18.3 Å². The highest BCUT2D eigenvalue weighted by molar-refractivity contribution is 4.87. The van der Waals surface area contributed by atoms with Crippen LogP contribution in [0.3, 0.4) is 0 Å². The van der Waals surface area contributed by atoms with Crippen molar-refractivity contribution in [2.24, 2.45) is 5.73 Å². The SMILES string of the molecule is NCC(F)(F)C(F)(F)C(F)F. The highest BCUT2D eigenvalue weighted by Gasteiger charge is 2.61. The second-order valence-corrected chi connectivity index (χ2v) is 1.83. The molecule has 0 bridgehead atoms. The predicted octanol–water partition coefficient (Wildman–Crippen LogP) is 1.48. The Kier molecular flexibility index (Phi) is 2.76. The molecule has 0 spiro atoms. The Morgan fingerprint density at radius 3 is 1.55 bits per heavy atom. The summed E-state index contributed by atoms with van der Waals surface area (Å²) in [6.45, 7) is -1.80. The quantitative estimate of drug-likeness (QED) is 0.655. The van der Waals surface area contributed by atoms with Crippen molar-refractivity contribution < 1.29 is 26.3 Å². The minimum Gasteiger partial charge on any atom is -0.325 e. The molecule has 0 amide bonds. The summed E-state index contributed by atoms with van der Waals surface area (Å²) in [4.78, 5) is 0. The van der Waals surface area contributed by atoms with Gasteiger partial charge in [-0.3, -0.25) is 0 Å². The highest BCUT2D eigenvalue weighted by Crippen LogP contribution is 2.37. The van der Waals surface area contributed by atoms with Gasteiger partial charge in [0.1, 0.15) is 0 Å². The van der Waals surface area contributed by atoms with Crippen LogP contribution in [0.5, 0.6) is 0 Å². The Morgan fingerprint density at radius 1 is 1.09 bits per heavy atom. The normalized spacial score (nSPS) is 14.2. The summed E-state index contributed by atoms with van der Waals surface area (Å²) in [6, 6.07) is 0. The van der Waals surface area contributed by atoms with Crippen molar-refractivity contribution in [1.29, 1.82) is 0 Å². The molecule has 0 fully saturated rings. The molecule has 7 heteroatoms. The number of rotatable bonds is 3. The van der Waals surface area contributed by atoms with E-state index in [4.69, 9.17) is 0 Å². The molecule has 0 radical (unpaired) electrons. The fourth-order valence-corrected chi connectivity index (χ4v) is 0.296. The van der Waals surface area contributed by atoms with Crippen molar-refractivity contribution in [3.8, 4) is 0 Å². The third-order valence-corrected chi connectivity index (χ3v) is 1.02. The Balaban J connectivity index is 4.53. The van der Waals surface area contributed by atoms with Gasteiger partial charge in [0.25, 0.3) is 0 Å². The van der Waals surface area contributed by atoms with Crippen molar-refractivity contribution in [3.63, 3.8) is 0 Å². The largest absolute Gasteiger partial charge is 0.370 e. The minimum absolute atomic E-state index is 1.80. The molecule has 11 heavy (non-hydrogen) atoms. The first kappa shape index (κ1) is 10.5. The van der Waals surface area contributed by atoms with E-state index in [-0.39, 0.29) is 0 Å². The smallest absolute Gasteiger partial charge is 0.325 e. The number of alkyl halides is 6. The van der Waals surface area contributed by atoms with Crippen LogP contribution < -0.4 is 5.73 Å². The molecule has 0 aromatic rings. The van der Waals surface area contributed by atoms with Crippen LogP contribution in [0.2, 0.25) is 0 Å². The van der Waals surface area contributed by atoms with E-state index < -0.39 is 24.8 Å². The Labute approximate surface area is 58.2 Å². The molecule has 0 aliphatic carbocycles. The molecule has 0 unspecified atom stereocenters. The molecule has 0 saturated carbocycles. The highest BCUT2D eigenvalue weighted by atomic mass is 19.3. The van der Waals surface area contributed by atoms with Crippen LogP contribution in [0, 0.1) is 0 Å². The number of halogens is 6. The summed E-state index contributed by atoms with van der Waals surface area (Å²) in [5.41, 5.74) is 4.17. The lowest BCUT2D eigenvalue weighted by atomic mass is 10.2. The third-order valence-electron chi connectivity index (χ3n) is 1.02. The zero-order valence-corrected chi connectivity index (χ0v) is 5.13. The van der Waals surface area contributed by atoms with Crippen LogP contribution in [0.1, 0.15) is 0 Å². The van der Waals surface area contributed by atoms with E-state index in [1.54, 1.807) is 0 Å². The van der Waals surface area contributed by atoms with Crippen LogP contribution in [0.15, 0.2) is 0 Å². The van der Waals surface area contributed by atoms with Gasteiger partial charge in [0.2, 0.25) is 0 Å². The summed E-state index contributed by atoms with van der Waals surface area (Å²) in [7, 11) is 0. The molecule has 0 saturated heterocycles. The molecular weight excluding hydrogens is 176 g/mol. The Bertz CT molecular complexity index is 133. The summed E-state index contributed by atoms with van der Waals surface area (Å²) in [5, 5.41) is 0. The summed E-state index contributed by atoms with van der Waals surface area (Å²) in [6.07, 6.45) is -4.40. The van der Waals surface area contributed by atoms with Gasteiger partial charge < -0.3 is 5.73 Å². The van der Waals surface area contributed by atoms with E-state index >= 15 is 0 Å². The lowest BCUT2D eigenvalue weighted by molar-refractivity contribution is -0.258. The number of nitrogens with two attached hydrogens (primary N) is 1. The molecule has 0 heterocycles. The lowest BCUT2D eigenvalue weighted by Crippen LogP contribution is -2.50. The van der Waals surface area contributed by atoms with Crippen molar-refractivity contribution in [2.75, 3.05) is 6.54 Å². The Morgan fingerprint density at radius 2 is 1.45 bits per heavy atom. The van der Waals surface area contributed by atoms with E-state index in [1.165, 1.54) is 0 Å². The predicted molar refractivity (Wildman–Crippen MR) is 25.0 cm³/mol. The lowest BCUT2D eigenvalue weighted by Gasteiger charge is -2.23. The van der Waals surface area contributed by atoms with Gasteiger partial charge in [-0.15, -0.1) is 0 Å². The average molecular weight is 181 g/mol. The van der Waals surface area contributed by atoms with Gasteiger partial charge in [0, 0.05) is 0 Å². The van der Waals surface area contributed by atoms with Gasteiger partial charge in [-0.1, -0.05) is 0 Å². The fraction of sp³-hybridized carbons (Fsp3) is 1.00. The fourth-order valence-electron chi connectivity index (χ4n) is 0.296. The van der Waals surface area contributed by atoms with Crippen LogP contribution in [0.4, 0.5) is 26.3 Å². The topological polar surface area (TPSA) is 26.0 Å². The van der Waals surface area contributed by atoms with E-state index in [9.17, 15) is 26.3 Å². The van der Waals surface area contributed by atoms with E-state index in [0.29, 0.717) is 0 Å². The minimum atomic E-state index is -5.35. The second-order valence-electron chi connectivity index (χ2n) is 1.83. The molecule has 0 rings (SSSR count). The van der Waals surface area contributed by atoms with Crippen molar-refractivity contribution in [3.05, 3.63) is 0 Å². The zero-order valence-electron chi connectivity index (χ0n) is 5.13. The van der Waals surface area contributed by atoms with Crippen LogP contribution in [-0.2, 0) is 0 Å². The second kappa shape index (κ2) is 2.88. The standard InChI is InChI=1S/C4H5F6N/c5-2(6)4(9,10)3(7,8)1-11/h2H,1,11H2. The van der Waals surface area contributed by atoms with E-state index in [2.05, 4.69) is 5.73 Å². The van der Waals surface area contributed by atoms with Crippen LogP contribution in [0.25, 0.3) is 0 Å². The summed E-state index contributed by atoms with van der Waals surface area (Å²) < 4.78 is 69.6. The van der Waals surface area contributed by atoms with Gasteiger partial charge in [0.15, 0.2) is 0 Å². The molecule has 2 N–H and O–H groups in total. The molecule has 0 aliphatic heterocycles. The molecular formula is C4H5F6N. The summed E-state index contributed by atoms with van der Waals surface area (Å²) in [5.74, 6) is -10.2. The summed E-state index contributed by atoms with van der Waals surface area (Å²) >= 11 is 0. The van der Waals surface area contributed by atoms with Gasteiger partial charge in [-0.25, -0.2) is 8.78 Å². The molecule has 0 atom stereocenters. The first-order chi connectivity index (χ1) is 4.75.